The van der Waals surface area contributed by atoms with Crippen molar-refractivity contribution < 1.29 is 0 Å². The Kier molecular flexibility index (Phi) is 6.96. The van der Waals surface area contributed by atoms with E-state index in [-0.39, 0.29) is 0 Å². The van der Waals surface area contributed by atoms with Crippen molar-refractivity contribution in [3.05, 3.63) is 180 Å². The van der Waals surface area contributed by atoms with Crippen molar-refractivity contribution in [2.24, 2.45) is 0 Å². The lowest BCUT2D eigenvalue weighted by Crippen LogP contribution is -2.01. The van der Waals surface area contributed by atoms with Crippen LogP contribution in [0, 0.1) is 34.0 Å². The van der Waals surface area contributed by atoms with Gasteiger partial charge in [-0.2, -0.15) is 15.8 Å². The minimum absolute atomic E-state index is 0.547. The Morgan fingerprint density at radius 1 is 0.471 bits per heavy atom. The van der Waals surface area contributed by atoms with Crippen LogP contribution in [0.3, 0.4) is 0 Å². The first-order valence-corrected chi connectivity index (χ1v) is 16.7. The Labute approximate surface area is 294 Å². The van der Waals surface area contributed by atoms with Crippen LogP contribution in [0.25, 0.3) is 66.1 Å². The van der Waals surface area contributed by atoms with Crippen LogP contribution in [0.15, 0.2) is 152 Å². The first-order chi connectivity index (χ1) is 25.2. The molecular weight excluding hydrogens is 623 g/mol. The Morgan fingerprint density at radius 2 is 1.12 bits per heavy atom. The molecule has 1 aliphatic rings. The zero-order valence-corrected chi connectivity index (χ0v) is 27.4. The Morgan fingerprint density at radius 3 is 1.84 bits per heavy atom. The third kappa shape index (κ3) is 4.67. The molecule has 0 radical (unpaired) electrons. The van der Waals surface area contributed by atoms with E-state index >= 15 is 0 Å². The maximum absolute atomic E-state index is 10.4. The molecular formula is C46H27N5. The first kappa shape index (κ1) is 29.7. The fourth-order valence-electron chi connectivity index (χ4n) is 7.70. The average Bonchev–Trinajstić information content (AvgIpc) is 3.58. The minimum Gasteiger partial charge on any atom is -0.309 e. The van der Waals surface area contributed by atoms with Gasteiger partial charge in [0, 0.05) is 32.8 Å². The third-order valence-corrected chi connectivity index (χ3v) is 9.93. The van der Waals surface area contributed by atoms with Crippen LogP contribution in [0.2, 0.25) is 0 Å². The molecule has 8 aromatic rings. The van der Waals surface area contributed by atoms with Crippen molar-refractivity contribution in [2.75, 3.05) is 0 Å². The summed E-state index contributed by atoms with van der Waals surface area (Å²) in [5.74, 6) is 0. The van der Waals surface area contributed by atoms with Crippen molar-refractivity contribution in [3.63, 3.8) is 0 Å². The Hall–Kier alpha value is -7.39. The third-order valence-electron chi connectivity index (χ3n) is 9.93. The van der Waals surface area contributed by atoms with E-state index in [9.17, 15) is 15.8 Å². The highest BCUT2D eigenvalue weighted by molar-refractivity contribution is 6.13. The van der Waals surface area contributed by atoms with Crippen LogP contribution in [0.1, 0.15) is 34.2 Å². The molecule has 6 aromatic carbocycles. The van der Waals surface area contributed by atoms with Gasteiger partial charge in [-0.3, -0.25) is 0 Å². The molecule has 0 amide bonds. The van der Waals surface area contributed by atoms with E-state index in [1.807, 2.05) is 66.7 Å². The molecule has 1 aliphatic carbocycles. The van der Waals surface area contributed by atoms with Crippen LogP contribution >= 0.6 is 0 Å². The van der Waals surface area contributed by atoms with Gasteiger partial charge in [0.2, 0.25) is 0 Å². The van der Waals surface area contributed by atoms with Gasteiger partial charge in [-0.25, -0.2) is 0 Å². The number of hydrogen-bond donors (Lipinski definition) is 0. The number of nitrogens with zero attached hydrogens (tertiary/aromatic N) is 5. The van der Waals surface area contributed by atoms with E-state index in [1.54, 1.807) is 0 Å². The summed E-state index contributed by atoms with van der Waals surface area (Å²) in [7, 11) is 0. The standard InChI is InChI=1S/C46H27N5/c47-27-30-20-23-44-40(24-30)46-34(29-49)12-9-19-45(46)51(44)41-16-6-3-13-36(41)31-10-1-2-11-32(25-31)39-26-35(22-21-33(39)28-48)50-42-17-7-4-14-37(42)38-15-5-8-18-43(38)50/h1-24,26H,25H2. The van der Waals surface area contributed by atoms with Gasteiger partial charge < -0.3 is 9.13 Å². The number of nitriles is 3. The average molecular weight is 650 g/mol. The summed E-state index contributed by atoms with van der Waals surface area (Å²) in [6.07, 6.45) is 8.95. The highest BCUT2D eigenvalue weighted by Gasteiger charge is 2.21. The molecule has 0 saturated carbocycles. The van der Waals surface area contributed by atoms with Gasteiger partial charge in [-0.05, 0) is 89.9 Å². The molecule has 2 heterocycles. The van der Waals surface area contributed by atoms with E-state index in [1.165, 1.54) is 10.8 Å². The zero-order chi connectivity index (χ0) is 34.5. The van der Waals surface area contributed by atoms with Crippen LogP contribution in [-0.2, 0) is 0 Å². The zero-order valence-electron chi connectivity index (χ0n) is 27.4. The summed E-state index contributed by atoms with van der Waals surface area (Å²) in [5, 5.41) is 34.2. The molecule has 0 aliphatic heterocycles. The van der Waals surface area contributed by atoms with Crippen LogP contribution in [0.4, 0.5) is 0 Å². The van der Waals surface area contributed by atoms with Crippen molar-refractivity contribution >= 4 is 54.8 Å². The van der Waals surface area contributed by atoms with E-state index in [4.69, 9.17) is 0 Å². The van der Waals surface area contributed by atoms with Crippen LogP contribution < -0.4 is 0 Å². The highest BCUT2D eigenvalue weighted by Crippen LogP contribution is 2.40. The number of hydrogen-bond acceptors (Lipinski definition) is 3. The molecule has 0 bridgehead atoms. The second kappa shape index (κ2) is 11.9. The van der Waals surface area contributed by atoms with Gasteiger partial charge in [0.1, 0.15) is 0 Å². The molecule has 0 unspecified atom stereocenters. The molecule has 5 heteroatoms. The van der Waals surface area contributed by atoms with Crippen molar-refractivity contribution in [2.45, 2.75) is 6.42 Å². The van der Waals surface area contributed by atoms with E-state index in [0.717, 1.165) is 66.5 Å². The fourth-order valence-corrected chi connectivity index (χ4v) is 7.70. The molecule has 0 atom stereocenters. The number of aromatic nitrogens is 2. The normalized spacial score (nSPS) is 12.7. The quantitative estimate of drug-likeness (QED) is 0.190. The van der Waals surface area contributed by atoms with Gasteiger partial charge >= 0.3 is 0 Å². The lowest BCUT2D eigenvalue weighted by atomic mass is 9.91. The number of allylic oxidation sites excluding steroid dienone is 6. The van der Waals surface area contributed by atoms with E-state index in [2.05, 4.69) is 112 Å². The first-order valence-electron chi connectivity index (χ1n) is 16.7. The predicted octanol–water partition coefficient (Wildman–Crippen LogP) is 10.9. The summed E-state index contributed by atoms with van der Waals surface area (Å²) in [5.41, 5.74) is 11.8. The van der Waals surface area contributed by atoms with Gasteiger partial charge in [0.05, 0.1) is 62.7 Å². The monoisotopic (exact) mass is 649 g/mol. The second-order valence-electron chi connectivity index (χ2n) is 12.7. The number of para-hydroxylation sites is 3. The molecule has 5 nitrogen and oxygen atoms in total. The molecule has 0 fully saturated rings. The van der Waals surface area contributed by atoms with Gasteiger partial charge in [0.25, 0.3) is 0 Å². The van der Waals surface area contributed by atoms with Crippen molar-refractivity contribution in [3.8, 4) is 29.6 Å². The minimum atomic E-state index is 0.547. The molecule has 9 rings (SSSR count). The molecule has 0 saturated heterocycles. The molecule has 51 heavy (non-hydrogen) atoms. The summed E-state index contributed by atoms with van der Waals surface area (Å²) in [6.45, 7) is 0. The van der Waals surface area contributed by atoms with Crippen molar-refractivity contribution in [1.82, 2.24) is 9.13 Å². The Balaban J connectivity index is 1.20. The fraction of sp³-hybridized carbons (Fsp3) is 0.0217. The smallest absolute Gasteiger partial charge is 0.0998 e. The van der Waals surface area contributed by atoms with Gasteiger partial charge in [-0.1, -0.05) is 85.0 Å². The lowest BCUT2D eigenvalue weighted by molar-refractivity contribution is 1.16. The maximum Gasteiger partial charge on any atom is 0.0998 e. The SMILES string of the molecule is N#Cc1ccc2c(c1)c1c(C#N)cccc1n2-c1ccccc1C1=CC=CC=C(c2cc(-n3c4ccccc4c4ccccc43)ccc2C#N)C1. The second-order valence-corrected chi connectivity index (χ2v) is 12.7. The van der Waals surface area contributed by atoms with Gasteiger partial charge in [-0.15, -0.1) is 0 Å². The van der Waals surface area contributed by atoms with E-state index in [0.29, 0.717) is 23.1 Å². The summed E-state index contributed by atoms with van der Waals surface area (Å²) in [6, 6.07) is 49.8. The van der Waals surface area contributed by atoms with Crippen LogP contribution in [-0.4, -0.2) is 9.13 Å². The Bertz CT molecular complexity index is 2930. The van der Waals surface area contributed by atoms with E-state index < -0.39 is 0 Å². The number of rotatable bonds is 4. The molecule has 2 aromatic heterocycles. The largest absolute Gasteiger partial charge is 0.309 e. The summed E-state index contributed by atoms with van der Waals surface area (Å²) >= 11 is 0. The summed E-state index contributed by atoms with van der Waals surface area (Å²) < 4.78 is 4.48. The highest BCUT2D eigenvalue weighted by atomic mass is 15.0. The predicted molar refractivity (Wildman–Crippen MR) is 205 cm³/mol. The summed E-state index contributed by atoms with van der Waals surface area (Å²) in [4.78, 5) is 0. The lowest BCUT2D eigenvalue weighted by Gasteiger charge is -2.18. The maximum atomic E-state index is 10.4. The topological polar surface area (TPSA) is 81.2 Å². The van der Waals surface area contributed by atoms with Gasteiger partial charge in [0.15, 0.2) is 0 Å². The molecule has 236 valence electrons. The molecule has 0 spiro atoms. The van der Waals surface area contributed by atoms with Crippen molar-refractivity contribution in [1.29, 1.82) is 15.8 Å². The number of benzene rings is 6. The number of fused-ring (bicyclic) bond motifs is 6. The molecule has 0 N–H and O–H groups in total. The van der Waals surface area contributed by atoms with Crippen LogP contribution in [0.5, 0.6) is 0 Å².